The molecule has 256 valence electrons. The summed E-state index contributed by atoms with van der Waals surface area (Å²) >= 11 is 0. The predicted octanol–water partition coefficient (Wildman–Crippen LogP) is 9.45. The average Bonchev–Trinajstić information content (AvgIpc) is 3.06. The number of ether oxygens (including phenoxy) is 1. The molecule has 0 bridgehead atoms. The summed E-state index contributed by atoms with van der Waals surface area (Å²) in [7, 11) is 0. The van der Waals surface area contributed by atoms with Gasteiger partial charge in [0.1, 0.15) is 12.6 Å². The lowest BCUT2D eigenvalue weighted by Gasteiger charge is -2.30. The molecule has 0 fully saturated rings. The van der Waals surface area contributed by atoms with Crippen molar-refractivity contribution in [3.63, 3.8) is 0 Å². The quantitative estimate of drug-likeness (QED) is 0.128. The molecule has 0 radical (unpaired) electrons. The third-order valence-corrected chi connectivity index (χ3v) is 9.20. The summed E-state index contributed by atoms with van der Waals surface area (Å²) in [5.74, 6) is 0.784. The number of rotatable bonds is 23. The Morgan fingerprint density at radius 3 is 1.67 bits per heavy atom. The smallest absolute Gasteiger partial charge is 0.408 e. The Hall–Kier alpha value is -3.15. The van der Waals surface area contributed by atoms with Crippen LogP contribution in [0.4, 0.5) is 4.79 Å². The van der Waals surface area contributed by atoms with Crippen LogP contribution in [0.5, 0.6) is 0 Å². The third kappa shape index (κ3) is 15.0. The molecule has 0 aliphatic heterocycles. The van der Waals surface area contributed by atoms with Gasteiger partial charge in [0.2, 0.25) is 5.91 Å². The van der Waals surface area contributed by atoms with Crippen LogP contribution in [-0.2, 0) is 27.4 Å². The highest BCUT2D eigenvalue weighted by molar-refractivity contribution is 5.93. The van der Waals surface area contributed by atoms with E-state index in [1.165, 1.54) is 12.8 Å². The van der Waals surface area contributed by atoms with Gasteiger partial charge in [-0.1, -0.05) is 154 Å². The van der Waals surface area contributed by atoms with Gasteiger partial charge in [-0.3, -0.25) is 9.59 Å². The van der Waals surface area contributed by atoms with Crippen molar-refractivity contribution in [2.75, 3.05) is 0 Å². The van der Waals surface area contributed by atoms with E-state index in [0.717, 1.165) is 62.5 Å². The Labute approximate surface area is 279 Å². The molecular formula is C40H62N2O4. The van der Waals surface area contributed by atoms with E-state index in [9.17, 15) is 14.4 Å². The molecule has 2 N–H and O–H groups in total. The second-order valence-corrected chi connectivity index (χ2v) is 13.5. The first-order chi connectivity index (χ1) is 22.2. The number of Topliss-reactive ketones (excluding diaryl/α,β-unsaturated/α-hetero) is 1. The summed E-state index contributed by atoms with van der Waals surface area (Å²) in [6.07, 6.45) is 10.9. The van der Waals surface area contributed by atoms with Gasteiger partial charge in [-0.25, -0.2) is 4.79 Å². The molecule has 2 aromatic carbocycles. The predicted molar refractivity (Wildman–Crippen MR) is 189 cm³/mol. The van der Waals surface area contributed by atoms with Crippen molar-refractivity contribution in [3.05, 3.63) is 71.8 Å². The number of amides is 2. The standard InChI is InChI=1S/C40H62N2O4/c1-7-11-19-31(9-3)26-35(27-32(10-4)20-12-8-2)38(43)36(28-33-21-15-13-16-22-33)41-39(44)37(25-30(5)6)42-40(45)46-29-34-23-17-14-18-24-34/h13-18,21-24,30-32,35-37H,7-12,19-20,25-29H2,1-6H3,(H,41,44)(H,42,45)/t31?,32?,35?,36-,37-/m0/s1. The summed E-state index contributed by atoms with van der Waals surface area (Å²) in [6, 6.07) is 17.9. The number of unbranched alkanes of at least 4 members (excludes halogenated alkanes) is 2. The van der Waals surface area contributed by atoms with Crippen LogP contribution >= 0.6 is 0 Å². The Balaban J connectivity index is 2.32. The van der Waals surface area contributed by atoms with Gasteiger partial charge in [0.25, 0.3) is 0 Å². The lowest BCUT2D eigenvalue weighted by molar-refractivity contribution is -0.131. The van der Waals surface area contributed by atoms with Crippen LogP contribution in [0.25, 0.3) is 0 Å². The fourth-order valence-electron chi connectivity index (χ4n) is 6.34. The summed E-state index contributed by atoms with van der Waals surface area (Å²) in [6.45, 7) is 13.1. The molecule has 0 aliphatic carbocycles. The number of hydrogen-bond acceptors (Lipinski definition) is 4. The van der Waals surface area contributed by atoms with Gasteiger partial charge < -0.3 is 15.4 Å². The Bertz CT molecular complexity index is 1100. The minimum atomic E-state index is -0.811. The zero-order chi connectivity index (χ0) is 33.7. The number of ketones is 1. The second kappa shape index (κ2) is 22.4. The van der Waals surface area contributed by atoms with Crippen LogP contribution in [0.1, 0.15) is 123 Å². The number of alkyl carbamates (subject to hydrolysis) is 1. The molecule has 0 aromatic heterocycles. The molecule has 4 atom stereocenters. The molecular weight excluding hydrogens is 572 g/mol. The fraction of sp³-hybridized carbons (Fsp3) is 0.625. The average molecular weight is 635 g/mol. The summed E-state index contributed by atoms with van der Waals surface area (Å²) in [5, 5.41) is 5.94. The number of benzene rings is 2. The van der Waals surface area contributed by atoms with Crippen molar-refractivity contribution in [1.82, 2.24) is 10.6 Å². The van der Waals surface area contributed by atoms with Crippen molar-refractivity contribution in [1.29, 1.82) is 0 Å². The highest BCUT2D eigenvalue weighted by Gasteiger charge is 2.33. The van der Waals surface area contributed by atoms with Crippen LogP contribution in [0.2, 0.25) is 0 Å². The molecule has 0 heterocycles. The highest BCUT2D eigenvalue weighted by atomic mass is 16.5. The largest absolute Gasteiger partial charge is 0.445 e. The SMILES string of the molecule is CCCCC(CC)CC(CC(CC)CCCC)C(=O)[C@H](Cc1ccccc1)NC(=O)[C@H](CC(C)C)NC(=O)OCc1ccccc1. The van der Waals surface area contributed by atoms with Crippen molar-refractivity contribution < 1.29 is 19.1 Å². The van der Waals surface area contributed by atoms with E-state index in [1.54, 1.807) is 0 Å². The zero-order valence-corrected chi connectivity index (χ0v) is 29.6. The van der Waals surface area contributed by atoms with E-state index in [1.807, 2.05) is 74.5 Å². The molecule has 2 rings (SSSR count). The number of nitrogens with one attached hydrogen (secondary N) is 2. The van der Waals surface area contributed by atoms with Gasteiger partial charge >= 0.3 is 6.09 Å². The van der Waals surface area contributed by atoms with Crippen LogP contribution in [0.3, 0.4) is 0 Å². The maximum atomic E-state index is 14.6. The molecule has 46 heavy (non-hydrogen) atoms. The van der Waals surface area contributed by atoms with Crippen molar-refractivity contribution >= 4 is 17.8 Å². The van der Waals surface area contributed by atoms with Crippen LogP contribution < -0.4 is 10.6 Å². The maximum absolute atomic E-state index is 14.6. The zero-order valence-electron chi connectivity index (χ0n) is 29.6. The van der Waals surface area contributed by atoms with E-state index in [2.05, 4.69) is 38.3 Å². The van der Waals surface area contributed by atoms with Gasteiger partial charge in [-0.05, 0) is 54.6 Å². The Morgan fingerprint density at radius 2 is 1.20 bits per heavy atom. The summed E-state index contributed by atoms with van der Waals surface area (Å²) < 4.78 is 5.46. The van der Waals surface area contributed by atoms with Crippen LogP contribution in [0, 0.1) is 23.7 Å². The molecule has 0 spiro atoms. The monoisotopic (exact) mass is 634 g/mol. The molecule has 0 aliphatic rings. The number of carbonyl (C=O) groups is 3. The summed E-state index contributed by atoms with van der Waals surface area (Å²) in [4.78, 5) is 41.4. The topological polar surface area (TPSA) is 84.5 Å². The highest BCUT2D eigenvalue weighted by Crippen LogP contribution is 2.31. The maximum Gasteiger partial charge on any atom is 0.408 e. The van der Waals surface area contributed by atoms with Gasteiger partial charge in [0.15, 0.2) is 5.78 Å². The van der Waals surface area contributed by atoms with E-state index in [-0.39, 0.29) is 30.1 Å². The van der Waals surface area contributed by atoms with E-state index in [0.29, 0.717) is 24.7 Å². The minimum Gasteiger partial charge on any atom is -0.445 e. The van der Waals surface area contributed by atoms with Crippen LogP contribution in [-0.4, -0.2) is 29.9 Å². The third-order valence-electron chi connectivity index (χ3n) is 9.20. The first kappa shape index (κ1) is 39.0. The van der Waals surface area contributed by atoms with Gasteiger partial charge in [0, 0.05) is 5.92 Å². The normalized spacial score (nSPS) is 14.6. The molecule has 2 aromatic rings. The van der Waals surface area contributed by atoms with E-state index < -0.39 is 18.2 Å². The first-order valence-corrected chi connectivity index (χ1v) is 18.1. The van der Waals surface area contributed by atoms with Crippen molar-refractivity contribution in [2.24, 2.45) is 23.7 Å². The second-order valence-electron chi connectivity index (χ2n) is 13.5. The van der Waals surface area contributed by atoms with E-state index in [4.69, 9.17) is 4.74 Å². The van der Waals surface area contributed by atoms with Crippen LogP contribution in [0.15, 0.2) is 60.7 Å². The minimum absolute atomic E-state index is 0.118. The Kier molecular flexibility index (Phi) is 19.0. The first-order valence-electron chi connectivity index (χ1n) is 18.1. The molecule has 0 saturated heterocycles. The van der Waals surface area contributed by atoms with Crippen molar-refractivity contribution in [2.45, 2.75) is 137 Å². The molecule has 2 amide bonds. The van der Waals surface area contributed by atoms with E-state index >= 15 is 0 Å². The Morgan fingerprint density at radius 1 is 0.674 bits per heavy atom. The summed E-state index contributed by atoms with van der Waals surface area (Å²) in [5.41, 5.74) is 1.88. The number of hydrogen-bond donors (Lipinski definition) is 2. The van der Waals surface area contributed by atoms with Gasteiger partial charge in [-0.2, -0.15) is 0 Å². The number of carbonyl (C=O) groups excluding carboxylic acids is 3. The molecule has 6 heteroatoms. The van der Waals surface area contributed by atoms with Crippen molar-refractivity contribution in [3.8, 4) is 0 Å². The lowest BCUT2D eigenvalue weighted by Crippen LogP contribution is -2.53. The molecule has 0 saturated carbocycles. The molecule has 6 nitrogen and oxygen atoms in total. The van der Waals surface area contributed by atoms with Gasteiger partial charge in [-0.15, -0.1) is 0 Å². The molecule has 2 unspecified atom stereocenters. The van der Waals surface area contributed by atoms with Gasteiger partial charge in [0.05, 0.1) is 6.04 Å². The lowest BCUT2D eigenvalue weighted by atomic mass is 9.77. The fourth-order valence-corrected chi connectivity index (χ4v) is 6.34.